The molecule has 178 valence electrons. The van der Waals surface area contributed by atoms with Gasteiger partial charge in [0, 0.05) is 28.9 Å². The minimum absolute atomic E-state index is 0.0850. The molecule has 1 aliphatic carbocycles. The average molecular weight is 469 g/mol. The molecule has 0 bridgehead atoms. The van der Waals surface area contributed by atoms with Crippen molar-refractivity contribution >= 4 is 23.0 Å². The van der Waals surface area contributed by atoms with Crippen LogP contribution in [-0.2, 0) is 16.0 Å². The maximum Gasteiger partial charge on any atom is 0.407 e. The molecular formula is C29H28N2O4. The Bertz CT molecular complexity index is 1410. The number of carboxylic acid groups (broad SMARTS) is 1. The summed E-state index contributed by atoms with van der Waals surface area (Å²) in [7, 11) is 0. The number of amides is 1. The molecule has 1 atom stereocenters. The van der Waals surface area contributed by atoms with Crippen molar-refractivity contribution in [1.29, 1.82) is 0 Å². The molecule has 1 amide bonds. The number of benzene rings is 3. The zero-order valence-corrected chi connectivity index (χ0v) is 20.0. The first-order valence-electron chi connectivity index (χ1n) is 11.8. The lowest BCUT2D eigenvalue weighted by Crippen LogP contribution is -2.43. The molecule has 0 saturated heterocycles. The second kappa shape index (κ2) is 8.95. The van der Waals surface area contributed by atoms with Gasteiger partial charge in [0.2, 0.25) is 0 Å². The van der Waals surface area contributed by atoms with E-state index in [4.69, 9.17) is 4.74 Å². The normalized spacial score (nSPS) is 13.3. The first kappa shape index (κ1) is 22.7. The maximum absolute atomic E-state index is 12.7. The van der Waals surface area contributed by atoms with Crippen LogP contribution in [0, 0.1) is 20.8 Å². The molecule has 0 fully saturated rings. The molecule has 0 saturated carbocycles. The largest absolute Gasteiger partial charge is 0.480 e. The number of aryl methyl sites for hydroxylation is 3. The van der Waals surface area contributed by atoms with Crippen LogP contribution in [0.15, 0.2) is 60.7 Å². The van der Waals surface area contributed by atoms with Crippen molar-refractivity contribution in [1.82, 2.24) is 10.3 Å². The van der Waals surface area contributed by atoms with Gasteiger partial charge in [-0.3, -0.25) is 0 Å². The Morgan fingerprint density at radius 1 is 1.00 bits per heavy atom. The summed E-state index contributed by atoms with van der Waals surface area (Å²) in [5.41, 5.74) is 9.47. The summed E-state index contributed by atoms with van der Waals surface area (Å²) in [5, 5.41) is 13.4. The van der Waals surface area contributed by atoms with E-state index in [1.807, 2.05) is 63.2 Å². The summed E-state index contributed by atoms with van der Waals surface area (Å²) in [6.45, 7) is 6.11. The third-order valence-corrected chi connectivity index (χ3v) is 6.90. The lowest BCUT2D eigenvalue weighted by Gasteiger charge is -2.18. The van der Waals surface area contributed by atoms with E-state index in [2.05, 4.69) is 28.5 Å². The average Bonchev–Trinajstić information content (AvgIpc) is 3.31. The number of ether oxygens (including phenoxy) is 1. The van der Waals surface area contributed by atoms with Crippen LogP contribution >= 0.6 is 0 Å². The van der Waals surface area contributed by atoms with E-state index < -0.39 is 18.1 Å². The lowest BCUT2D eigenvalue weighted by molar-refractivity contribution is -0.139. The van der Waals surface area contributed by atoms with Gasteiger partial charge in [0.25, 0.3) is 0 Å². The number of hydrogen-bond donors (Lipinski definition) is 3. The number of nitrogens with one attached hydrogen (secondary N) is 2. The molecule has 3 aromatic carbocycles. The fraction of sp³-hybridized carbons (Fsp3) is 0.241. The van der Waals surface area contributed by atoms with Gasteiger partial charge in [0.1, 0.15) is 12.6 Å². The minimum Gasteiger partial charge on any atom is -0.480 e. The van der Waals surface area contributed by atoms with Gasteiger partial charge in [-0.1, -0.05) is 54.6 Å². The Labute approximate surface area is 203 Å². The quantitative estimate of drug-likeness (QED) is 0.342. The topological polar surface area (TPSA) is 91.4 Å². The van der Waals surface area contributed by atoms with Gasteiger partial charge >= 0.3 is 12.1 Å². The van der Waals surface area contributed by atoms with Gasteiger partial charge in [-0.25, -0.2) is 9.59 Å². The van der Waals surface area contributed by atoms with Gasteiger partial charge in [0.05, 0.1) is 0 Å². The summed E-state index contributed by atoms with van der Waals surface area (Å²) in [4.78, 5) is 28.1. The molecule has 5 rings (SSSR count). The summed E-state index contributed by atoms with van der Waals surface area (Å²) in [5.74, 6) is -1.18. The first-order chi connectivity index (χ1) is 16.8. The predicted molar refractivity (Wildman–Crippen MR) is 136 cm³/mol. The van der Waals surface area contributed by atoms with Crippen molar-refractivity contribution in [3.05, 3.63) is 94.2 Å². The van der Waals surface area contributed by atoms with Crippen LogP contribution in [0.1, 0.15) is 39.4 Å². The van der Waals surface area contributed by atoms with Crippen LogP contribution < -0.4 is 5.32 Å². The number of aromatic nitrogens is 1. The Morgan fingerprint density at radius 2 is 1.63 bits per heavy atom. The molecule has 1 aromatic heterocycles. The monoisotopic (exact) mass is 468 g/mol. The summed E-state index contributed by atoms with van der Waals surface area (Å²) in [6.07, 6.45) is -0.570. The van der Waals surface area contributed by atoms with Crippen LogP contribution in [0.25, 0.3) is 22.0 Å². The highest BCUT2D eigenvalue weighted by Crippen LogP contribution is 2.44. The Morgan fingerprint density at radius 3 is 2.26 bits per heavy atom. The zero-order valence-electron chi connectivity index (χ0n) is 20.0. The number of fused-ring (bicyclic) bond motifs is 4. The molecule has 0 aliphatic heterocycles. The highest BCUT2D eigenvalue weighted by atomic mass is 16.5. The van der Waals surface area contributed by atoms with Gasteiger partial charge in [0.15, 0.2) is 0 Å². The zero-order chi connectivity index (χ0) is 24.7. The number of aliphatic carboxylic acids is 1. The predicted octanol–water partition coefficient (Wildman–Crippen LogP) is 5.63. The third-order valence-electron chi connectivity index (χ3n) is 6.90. The molecule has 1 heterocycles. The Kier molecular flexibility index (Phi) is 5.81. The number of hydrogen-bond acceptors (Lipinski definition) is 3. The molecule has 0 radical (unpaired) electrons. The number of alkyl carbamates (subject to hydrolysis) is 1. The highest BCUT2D eigenvalue weighted by Gasteiger charge is 2.30. The molecular weight excluding hydrogens is 440 g/mol. The van der Waals surface area contributed by atoms with Crippen LogP contribution in [-0.4, -0.2) is 34.8 Å². The highest BCUT2D eigenvalue weighted by molar-refractivity contribution is 5.90. The summed E-state index contributed by atoms with van der Waals surface area (Å²) < 4.78 is 5.58. The van der Waals surface area contributed by atoms with Crippen molar-refractivity contribution in [3.63, 3.8) is 0 Å². The minimum atomic E-state index is -1.11. The number of carboxylic acids is 1. The number of H-pyrrole nitrogens is 1. The first-order valence-corrected chi connectivity index (χ1v) is 11.8. The Balaban J connectivity index is 1.32. The molecule has 6 nitrogen and oxygen atoms in total. The molecule has 1 aliphatic rings. The SMILES string of the molecule is Cc1cc(C)c2c(CC(NC(=O)OCC3c4ccccc4-c4ccccc43)C(=O)O)c(C)[nH]c2c1. The maximum atomic E-state index is 12.7. The van der Waals surface area contributed by atoms with Crippen molar-refractivity contribution in [2.45, 2.75) is 39.2 Å². The van der Waals surface area contributed by atoms with Crippen LogP contribution in [0.3, 0.4) is 0 Å². The fourth-order valence-electron chi connectivity index (χ4n) is 5.37. The van der Waals surface area contributed by atoms with Crippen LogP contribution in [0.4, 0.5) is 4.79 Å². The number of rotatable bonds is 6. The molecule has 4 aromatic rings. The van der Waals surface area contributed by atoms with Crippen molar-refractivity contribution < 1.29 is 19.4 Å². The summed E-state index contributed by atoms with van der Waals surface area (Å²) >= 11 is 0. The molecule has 35 heavy (non-hydrogen) atoms. The van der Waals surface area contributed by atoms with Crippen molar-refractivity contribution in [2.75, 3.05) is 6.61 Å². The van der Waals surface area contributed by atoms with Crippen LogP contribution in [0.2, 0.25) is 0 Å². The van der Waals surface area contributed by atoms with Gasteiger partial charge in [-0.2, -0.15) is 0 Å². The van der Waals surface area contributed by atoms with Crippen molar-refractivity contribution in [3.8, 4) is 11.1 Å². The van der Waals surface area contributed by atoms with E-state index in [1.165, 1.54) is 0 Å². The van der Waals surface area contributed by atoms with E-state index in [9.17, 15) is 14.7 Å². The fourth-order valence-corrected chi connectivity index (χ4v) is 5.37. The number of carbonyl (C=O) groups is 2. The van der Waals surface area contributed by atoms with Gasteiger partial charge in [-0.15, -0.1) is 0 Å². The molecule has 6 heteroatoms. The van der Waals surface area contributed by atoms with Crippen molar-refractivity contribution in [2.24, 2.45) is 0 Å². The second-order valence-corrected chi connectivity index (χ2v) is 9.30. The van der Waals surface area contributed by atoms with Crippen LogP contribution in [0.5, 0.6) is 0 Å². The lowest BCUT2D eigenvalue weighted by atomic mass is 9.98. The van der Waals surface area contributed by atoms with Gasteiger partial charge < -0.3 is 20.1 Å². The van der Waals surface area contributed by atoms with E-state index in [-0.39, 0.29) is 18.9 Å². The van der Waals surface area contributed by atoms with E-state index in [0.717, 1.165) is 55.5 Å². The molecule has 3 N–H and O–H groups in total. The second-order valence-electron chi connectivity index (χ2n) is 9.30. The molecule has 1 unspecified atom stereocenters. The third kappa shape index (κ3) is 4.16. The van der Waals surface area contributed by atoms with E-state index in [0.29, 0.717) is 0 Å². The molecule has 0 spiro atoms. The summed E-state index contributed by atoms with van der Waals surface area (Å²) in [6, 6.07) is 19.2. The Hall–Kier alpha value is -4.06. The smallest absolute Gasteiger partial charge is 0.407 e. The van der Waals surface area contributed by atoms with Gasteiger partial charge in [-0.05, 0) is 65.8 Å². The number of carbonyl (C=O) groups excluding carboxylic acids is 1. The number of aromatic amines is 1. The standard InChI is InChI=1S/C29H28N2O4/c1-16-12-17(2)27-23(18(3)30-25(27)13-16)14-26(28(32)33)31-29(34)35-15-24-21-10-6-4-8-19(21)20-9-5-7-11-22(20)24/h4-13,24,26,30H,14-15H2,1-3H3,(H,31,34)(H,32,33). The van der Waals surface area contributed by atoms with E-state index in [1.54, 1.807) is 0 Å². The van der Waals surface area contributed by atoms with E-state index >= 15 is 0 Å².